The zero-order valence-electron chi connectivity index (χ0n) is 23.3. The van der Waals surface area contributed by atoms with Crippen molar-refractivity contribution in [3.63, 3.8) is 0 Å². The molecule has 0 radical (unpaired) electrons. The second-order valence-electron chi connectivity index (χ2n) is 10.9. The summed E-state index contributed by atoms with van der Waals surface area (Å²) in [6.45, 7) is 3.60. The number of urea groups is 1. The van der Waals surface area contributed by atoms with E-state index in [1.54, 1.807) is 6.07 Å². The Hall–Kier alpha value is -3.82. The molecule has 3 amide bonds. The highest BCUT2D eigenvalue weighted by molar-refractivity contribution is 5.93. The highest BCUT2D eigenvalue weighted by atomic mass is 19.3. The first-order chi connectivity index (χ1) is 19.1. The van der Waals surface area contributed by atoms with Crippen LogP contribution in [0.5, 0.6) is 0 Å². The predicted molar refractivity (Wildman–Crippen MR) is 136 cm³/mol. The lowest BCUT2D eigenvalue weighted by Gasteiger charge is -2.38. The fourth-order valence-corrected chi connectivity index (χ4v) is 4.40. The van der Waals surface area contributed by atoms with Crippen LogP contribution < -0.4 is 10.6 Å². The molecule has 0 spiro atoms. The molecule has 0 aliphatic carbocycles. The minimum atomic E-state index is -3.13. The summed E-state index contributed by atoms with van der Waals surface area (Å²) >= 11 is 0. The molecule has 2 N–H and O–H groups in total. The molecular formula is C25H32F4N8O4. The fourth-order valence-electron chi connectivity index (χ4n) is 4.40. The lowest BCUT2D eigenvalue weighted by Crippen LogP contribution is -2.58. The Kier molecular flexibility index (Phi) is 8.25. The Balaban J connectivity index is 1.66. The van der Waals surface area contributed by atoms with Crippen LogP contribution in [0.2, 0.25) is 0 Å². The van der Waals surface area contributed by atoms with E-state index >= 15 is 0 Å². The summed E-state index contributed by atoms with van der Waals surface area (Å²) in [5, 5.41) is 16.5. The van der Waals surface area contributed by atoms with Crippen molar-refractivity contribution in [1.82, 2.24) is 40.4 Å². The van der Waals surface area contributed by atoms with E-state index in [2.05, 4.69) is 35.7 Å². The number of fused-ring (bicyclic) bond motifs is 1. The molecule has 1 aliphatic rings. The van der Waals surface area contributed by atoms with Gasteiger partial charge in [0.05, 0.1) is 49.9 Å². The number of aryl methyl sites for hydroxylation is 1. The number of aromatic nitrogens is 5. The van der Waals surface area contributed by atoms with E-state index < -0.39 is 54.4 Å². The molecule has 12 nitrogen and oxygen atoms in total. The van der Waals surface area contributed by atoms with Gasteiger partial charge >= 0.3 is 6.03 Å². The number of carbonyl (C=O) groups excluding carboxylic acids is 2. The van der Waals surface area contributed by atoms with Gasteiger partial charge in [-0.05, 0) is 37.9 Å². The van der Waals surface area contributed by atoms with Gasteiger partial charge in [0.25, 0.3) is 11.8 Å². The number of methoxy groups -OCH3 is 1. The van der Waals surface area contributed by atoms with Gasteiger partial charge in [-0.1, -0.05) is 19.0 Å². The number of alkyl halides is 4. The van der Waals surface area contributed by atoms with Gasteiger partial charge in [-0.25, -0.2) is 36.5 Å². The van der Waals surface area contributed by atoms with E-state index in [0.29, 0.717) is 11.3 Å². The predicted octanol–water partition coefficient (Wildman–Crippen LogP) is 3.70. The number of hydrogen-bond acceptors (Lipinski definition) is 8. The molecule has 0 unspecified atom stereocenters. The maximum absolute atomic E-state index is 14.2. The fraction of sp³-hybridized carbons (Fsp3) is 0.600. The molecule has 3 aromatic heterocycles. The molecule has 4 rings (SSSR count). The van der Waals surface area contributed by atoms with Crippen LogP contribution in [0.1, 0.15) is 73.1 Å². The van der Waals surface area contributed by atoms with Crippen LogP contribution in [0.15, 0.2) is 23.1 Å². The number of carbonyl (C=O) groups is 2. The average molecular weight is 585 g/mol. The Labute approximate surface area is 232 Å². The number of halogens is 4. The molecule has 4 heterocycles. The number of nitrogens with one attached hydrogen (secondary N) is 2. The summed E-state index contributed by atoms with van der Waals surface area (Å²) < 4.78 is 67.9. The maximum atomic E-state index is 14.2. The van der Waals surface area contributed by atoms with Gasteiger partial charge < -0.3 is 20.3 Å². The number of imidazole rings is 1. The minimum absolute atomic E-state index is 0.0260. The summed E-state index contributed by atoms with van der Waals surface area (Å²) in [6, 6.07) is -0.825. The maximum Gasteiger partial charge on any atom is 0.318 e. The third-order valence-electron chi connectivity index (χ3n) is 7.38. The number of nitrogens with zero attached hydrogens (tertiary/aromatic N) is 6. The number of rotatable bonds is 11. The zero-order valence-corrected chi connectivity index (χ0v) is 23.3. The van der Waals surface area contributed by atoms with Gasteiger partial charge in [-0.2, -0.15) is 5.10 Å². The molecule has 3 aromatic rings. The topological polar surface area (TPSA) is 140 Å². The van der Waals surface area contributed by atoms with Crippen LogP contribution in [0.25, 0.3) is 5.65 Å². The van der Waals surface area contributed by atoms with Crippen molar-refractivity contribution < 1.29 is 36.5 Å². The number of ether oxygens (including phenoxy) is 1. The van der Waals surface area contributed by atoms with E-state index in [0.717, 1.165) is 11.8 Å². The molecule has 1 aliphatic heterocycles. The van der Waals surface area contributed by atoms with Gasteiger partial charge in [0.1, 0.15) is 5.69 Å². The van der Waals surface area contributed by atoms with Gasteiger partial charge in [-0.3, -0.25) is 4.79 Å². The zero-order chi connectivity index (χ0) is 30.2. The van der Waals surface area contributed by atoms with Gasteiger partial charge in [0.15, 0.2) is 11.3 Å². The van der Waals surface area contributed by atoms with Crippen molar-refractivity contribution in [1.29, 1.82) is 0 Å². The van der Waals surface area contributed by atoms with Gasteiger partial charge in [-0.15, -0.1) is 0 Å². The largest absolute Gasteiger partial charge is 0.382 e. The summed E-state index contributed by atoms with van der Waals surface area (Å²) in [4.78, 5) is 30.9. The first-order valence-electron chi connectivity index (χ1n) is 12.9. The van der Waals surface area contributed by atoms with Gasteiger partial charge in [0, 0.05) is 18.1 Å². The average Bonchev–Trinajstić information content (AvgIpc) is 3.51. The lowest BCUT2D eigenvalue weighted by atomic mass is 9.80. The second-order valence-corrected chi connectivity index (χ2v) is 10.9. The van der Waals surface area contributed by atoms with Crippen LogP contribution in [0.4, 0.5) is 22.4 Å². The molecule has 1 fully saturated rings. The van der Waals surface area contributed by atoms with Crippen molar-refractivity contribution in [3.8, 4) is 0 Å². The highest BCUT2D eigenvalue weighted by Gasteiger charge is 2.43. The Morgan fingerprint density at radius 3 is 2.66 bits per heavy atom. The first-order valence-corrected chi connectivity index (χ1v) is 12.9. The van der Waals surface area contributed by atoms with E-state index in [4.69, 9.17) is 4.74 Å². The van der Waals surface area contributed by atoms with Crippen molar-refractivity contribution in [3.05, 3.63) is 41.1 Å². The minimum Gasteiger partial charge on any atom is -0.382 e. The quantitative estimate of drug-likeness (QED) is 0.325. The SMILES string of the molecule is COC[C@H](c1cnn2cc([C@H](CCC(C)(C)C(C)(F)F)NC(=O)c3nonc3C)nc2c1)N1CC(F)(F)CNC1=O. The Morgan fingerprint density at radius 1 is 1.29 bits per heavy atom. The lowest BCUT2D eigenvalue weighted by molar-refractivity contribution is -0.0936. The molecule has 16 heteroatoms. The standard InChI is InChI=1S/C25H32F4N8O4/c1-14-20(35-41-34-14)21(38)33-16(6-7-23(2,3)24(4,26)27)17-10-37-19(32-17)8-15(9-31-37)18(11-40-5)36-13-25(28,29)12-30-22(36)39/h8-10,16,18H,6-7,11-13H2,1-5H3,(H,30,39)(H,33,38)/t16-,18+/m0/s1. The van der Waals surface area contributed by atoms with Crippen molar-refractivity contribution in [2.75, 3.05) is 26.8 Å². The van der Waals surface area contributed by atoms with Crippen LogP contribution in [0, 0.1) is 12.3 Å². The van der Waals surface area contributed by atoms with E-state index in [-0.39, 0.29) is 36.5 Å². The molecule has 0 aromatic carbocycles. The van der Waals surface area contributed by atoms with Crippen LogP contribution >= 0.6 is 0 Å². The molecule has 41 heavy (non-hydrogen) atoms. The van der Waals surface area contributed by atoms with Crippen molar-refractivity contribution in [2.24, 2.45) is 5.41 Å². The molecular weight excluding hydrogens is 552 g/mol. The molecule has 0 bridgehead atoms. The number of amides is 3. The summed E-state index contributed by atoms with van der Waals surface area (Å²) in [6.07, 6.45) is 3.06. The highest BCUT2D eigenvalue weighted by Crippen LogP contribution is 2.41. The Morgan fingerprint density at radius 2 is 2.02 bits per heavy atom. The number of hydrogen-bond donors (Lipinski definition) is 2. The van der Waals surface area contributed by atoms with Crippen molar-refractivity contribution >= 4 is 17.6 Å². The van der Waals surface area contributed by atoms with E-state index in [9.17, 15) is 27.2 Å². The van der Waals surface area contributed by atoms with Crippen LogP contribution in [-0.4, -0.2) is 80.4 Å². The van der Waals surface area contributed by atoms with Crippen LogP contribution in [0.3, 0.4) is 0 Å². The Bertz CT molecular complexity index is 1400. The second kappa shape index (κ2) is 11.2. The molecule has 0 saturated carbocycles. The first kappa shape index (κ1) is 30.1. The smallest absolute Gasteiger partial charge is 0.318 e. The third kappa shape index (κ3) is 6.57. The third-order valence-corrected chi connectivity index (χ3v) is 7.38. The molecule has 2 atom stereocenters. The monoisotopic (exact) mass is 584 g/mol. The van der Waals surface area contributed by atoms with E-state index in [1.807, 2.05) is 0 Å². The van der Waals surface area contributed by atoms with E-state index in [1.165, 1.54) is 44.8 Å². The molecule has 1 saturated heterocycles. The van der Waals surface area contributed by atoms with Crippen molar-refractivity contribution in [2.45, 2.75) is 64.5 Å². The van der Waals surface area contributed by atoms with Crippen LogP contribution in [-0.2, 0) is 4.74 Å². The molecule has 224 valence electrons. The summed E-state index contributed by atoms with van der Waals surface area (Å²) in [5.41, 5.74) is -0.214. The summed E-state index contributed by atoms with van der Waals surface area (Å²) in [5.74, 6) is -6.75. The van der Waals surface area contributed by atoms with Gasteiger partial charge in [0.2, 0.25) is 5.92 Å². The summed E-state index contributed by atoms with van der Waals surface area (Å²) in [7, 11) is 1.38. The normalized spacial score (nSPS) is 17.4.